The van der Waals surface area contributed by atoms with Crippen LogP contribution in [0.3, 0.4) is 0 Å². The molecule has 1 aromatic rings. The largest absolute Gasteiger partial charge is 0.369 e. The lowest BCUT2D eigenvalue weighted by molar-refractivity contribution is -0.119. The van der Waals surface area contributed by atoms with Gasteiger partial charge >= 0.3 is 0 Å². The number of nitrogens with two attached hydrogens (primary N) is 1. The monoisotopic (exact) mass is 353 g/mol. The van der Waals surface area contributed by atoms with Gasteiger partial charge in [-0.3, -0.25) is 14.7 Å². The Kier molecular flexibility index (Phi) is 7.12. The Bertz CT molecular complexity index is 615. The van der Waals surface area contributed by atoms with Crippen LogP contribution in [0.25, 0.3) is 0 Å². The van der Waals surface area contributed by atoms with Crippen LogP contribution in [0.1, 0.15) is 18.4 Å². The molecule has 1 heterocycles. The standard InChI is InChI=1S/C17H25F2N5O/c1-21-17(22-7-4-12-2-3-13(18)10-15(12)19)23-14-5-8-24(9-6-14)11-16(20)25/h2-3,10,14H,4-9,11H2,1H3,(H2,20,25)(H2,21,22,23). The Balaban J connectivity index is 1.73. The van der Waals surface area contributed by atoms with Crippen molar-refractivity contribution in [2.24, 2.45) is 10.7 Å². The van der Waals surface area contributed by atoms with E-state index in [1.54, 1.807) is 7.05 Å². The van der Waals surface area contributed by atoms with Crippen molar-refractivity contribution in [2.45, 2.75) is 25.3 Å². The Hall–Kier alpha value is -2.22. The van der Waals surface area contributed by atoms with Crippen molar-refractivity contribution in [1.82, 2.24) is 15.5 Å². The summed E-state index contributed by atoms with van der Waals surface area (Å²) >= 11 is 0. The number of rotatable bonds is 6. The Labute approximate surface area is 146 Å². The zero-order valence-corrected chi connectivity index (χ0v) is 14.4. The normalized spacial score (nSPS) is 16.7. The second kappa shape index (κ2) is 9.31. The summed E-state index contributed by atoms with van der Waals surface area (Å²) < 4.78 is 26.5. The molecular weight excluding hydrogens is 328 g/mol. The van der Waals surface area contributed by atoms with Gasteiger partial charge in [0.25, 0.3) is 0 Å². The molecule has 138 valence electrons. The van der Waals surface area contributed by atoms with Crippen LogP contribution in [0, 0.1) is 11.6 Å². The van der Waals surface area contributed by atoms with E-state index in [9.17, 15) is 13.6 Å². The number of nitrogens with zero attached hydrogens (tertiary/aromatic N) is 2. The Morgan fingerprint density at radius 3 is 2.68 bits per heavy atom. The molecule has 25 heavy (non-hydrogen) atoms. The second-order valence-electron chi connectivity index (χ2n) is 6.15. The van der Waals surface area contributed by atoms with Crippen molar-refractivity contribution in [3.63, 3.8) is 0 Å². The summed E-state index contributed by atoms with van der Waals surface area (Å²) in [5.41, 5.74) is 5.67. The van der Waals surface area contributed by atoms with Crippen LogP contribution < -0.4 is 16.4 Å². The number of carbonyl (C=O) groups is 1. The summed E-state index contributed by atoms with van der Waals surface area (Å²) in [5, 5.41) is 6.47. The summed E-state index contributed by atoms with van der Waals surface area (Å²) in [6.07, 6.45) is 2.21. The van der Waals surface area contributed by atoms with E-state index in [1.807, 2.05) is 4.90 Å². The Morgan fingerprint density at radius 2 is 2.08 bits per heavy atom. The fourth-order valence-electron chi connectivity index (χ4n) is 2.88. The quantitative estimate of drug-likeness (QED) is 0.517. The molecule has 0 bridgehead atoms. The molecule has 0 aliphatic carbocycles. The van der Waals surface area contributed by atoms with E-state index in [0.717, 1.165) is 32.0 Å². The molecule has 0 saturated carbocycles. The van der Waals surface area contributed by atoms with Gasteiger partial charge in [-0.25, -0.2) is 8.78 Å². The number of carbonyl (C=O) groups excluding carboxylic acids is 1. The van der Waals surface area contributed by atoms with E-state index in [2.05, 4.69) is 15.6 Å². The van der Waals surface area contributed by atoms with Crippen molar-refractivity contribution in [1.29, 1.82) is 0 Å². The SMILES string of the molecule is CN=C(NCCc1ccc(F)cc1F)NC1CCN(CC(N)=O)CC1. The average Bonchev–Trinajstić information content (AvgIpc) is 2.57. The molecule has 0 unspecified atom stereocenters. The second-order valence-corrected chi connectivity index (χ2v) is 6.15. The van der Waals surface area contributed by atoms with Crippen LogP contribution in [-0.4, -0.2) is 56.0 Å². The predicted molar refractivity (Wildman–Crippen MR) is 93.2 cm³/mol. The number of benzene rings is 1. The van der Waals surface area contributed by atoms with Gasteiger partial charge < -0.3 is 16.4 Å². The number of primary amides is 1. The van der Waals surface area contributed by atoms with E-state index >= 15 is 0 Å². The molecule has 1 aliphatic heterocycles. The van der Waals surface area contributed by atoms with Gasteiger partial charge in [-0.1, -0.05) is 6.07 Å². The molecule has 1 amide bonds. The minimum Gasteiger partial charge on any atom is -0.369 e. The number of guanidine groups is 1. The molecule has 1 saturated heterocycles. The fraction of sp³-hybridized carbons (Fsp3) is 0.529. The first-order valence-electron chi connectivity index (χ1n) is 8.39. The zero-order chi connectivity index (χ0) is 18.2. The summed E-state index contributed by atoms with van der Waals surface area (Å²) in [6, 6.07) is 3.86. The molecule has 0 aromatic heterocycles. The van der Waals surface area contributed by atoms with Gasteiger partial charge in [0.15, 0.2) is 5.96 Å². The molecule has 1 aromatic carbocycles. The van der Waals surface area contributed by atoms with Crippen LogP contribution in [0.2, 0.25) is 0 Å². The number of hydrogen-bond acceptors (Lipinski definition) is 3. The number of likely N-dealkylation sites (tertiary alicyclic amines) is 1. The van der Waals surface area contributed by atoms with Crippen molar-refractivity contribution >= 4 is 11.9 Å². The maximum Gasteiger partial charge on any atom is 0.231 e. The molecule has 1 fully saturated rings. The number of nitrogens with one attached hydrogen (secondary N) is 2. The number of amides is 1. The van der Waals surface area contributed by atoms with Crippen molar-refractivity contribution in [3.05, 3.63) is 35.4 Å². The Morgan fingerprint density at radius 1 is 1.36 bits per heavy atom. The number of aliphatic imine (C=N–C) groups is 1. The van der Waals surface area contributed by atoms with Crippen molar-refractivity contribution < 1.29 is 13.6 Å². The lowest BCUT2D eigenvalue weighted by Crippen LogP contribution is -2.50. The molecule has 8 heteroatoms. The van der Waals surface area contributed by atoms with Gasteiger partial charge in [-0.2, -0.15) is 0 Å². The topological polar surface area (TPSA) is 82.8 Å². The van der Waals surface area contributed by atoms with Crippen LogP contribution >= 0.6 is 0 Å². The van der Waals surface area contributed by atoms with Gasteiger partial charge in [0.1, 0.15) is 11.6 Å². The number of piperidine rings is 1. The lowest BCUT2D eigenvalue weighted by atomic mass is 10.1. The van der Waals surface area contributed by atoms with Crippen molar-refractivity contribution in [2.75, 3.05) is 33.2 Å². The molecular formula is C17H25F2N5O. The molecule has 6 nitrogen and oxygen atoms in total. The molecule has 2 rings (SSSR count). The molecule has 4 N–H and O–H groups in total. The minimum atomic E-state index is -0.575. The van der Waals surface area contributed by atoms with Gasteiger partial charge in [0, 0.05) is 38.8 Å². The molecule has 0 atom stereocenters. The maximum atomic E-state index is 13.6. The maximum absolute atomic E-state index is 13.6. The van der Waals surface area contributed by atoms with Crippen molar-refractivity contribution in [3.8, 4) is 0 Å². The fourth-order valence-corrected chi connectivity index (χ4v) is 2.88. The van der Waals surface area contributed by atoms with E-state index in [1.165, 1.54) is 12.1 Å². The first-order chi connectivity index (χ1) is 12.0. The lowest BCUT2D eigenvalue weighted by Gasteiger charge is -2.32. The van der Waals surface area contributed by atoms with Gasteiger partial charge in [-0.05, 0) is 30.9 Å². The molecule has 0 radical (unpaired) electrons. The molecule has 0 spiro atoms. The van der Waals surface area contributed by atoms with E-state index in [-0.39, 0.29) is 11.9 Å². The number of halogens is 2. The predicted octanol–water partition coefficient (Wildman–Crippen LogP) is 0.622. The average molecular weight is 353 g/mol. The highest BCUT2D eigenvalue weighted by Gasteiger charge is 2.20. The van der Waals surface area contributed by atoms with Crippen LogP contribution in [0.5, 0.6) is 0 Å². The van der Waals surface area contributed by atoms with Gasteiger partial charge in [-0.15, -0.1) is 0 Å². The summed E-state index contributed by atoms with van der Waals surface area (Å²) in [6.45, 7) is 2.39. The third kappa shape index (κ3) is 6.30. The smallest absolute Gasteiger partial charge is 0.231 e. The van der Waals surface area contributed by atoms with E-state index < -0.39 is 11.6 Å². The summed E-state index contributed by atoms with van der Waals surface area (Å²) in [5.74, 6) is -0.770. The summed E-state index contributed by atoms with van der Waals surface area (Å²) in [7, 11) is 1.68. The highest BCUT2D eigenvalue weighted by molar-refractivity contribution is 5.80. The minimum absolute atomic E-state index is 0.262. The third-order valence-electron chi connectivity index (χ3n) is 4.23. The highest BCUT2D eigenvalue weighted by atomic mass is 19.1. The van der Waals surface area contributed by atoms with E-state index in [4.69, 9.17) is 5.73 Å². The zero-order valence-electron chi connectivity index (χ0n) is 14.4. The number of hydrogen-bond donors (Lipinski definition) is 3. The van der Waals surface area contributed by atoms with Crippen LogP contribution in [-0.2, 0) is 11.2 Å². The van der Waals surface area contributed by atoms with Gasteiger partial charge in [0.2, 0.25) is 5.91 Å². The highest BCUT2D eigenvalue weighted by Crippen LogP contribution is 2.11. The first kappa shape index (κ1) is 19.1. The summed E-state index contributed by atoms with van der Waals surface area (Å²) in [4.78, 5) is 17.1. The molecule has 1 aliphatic rings. The van der Waals surface area contributed by atoms with Crippen LogP contribution in [0.4, 0.5) is 8.78 Å². The van der Waals surface area contributed by atoms with Gasteiger partial charge in [0.05, 0.1) is 6.54 Å². The van der Waals surface area contributed by atoms with Crippen LogP contribution in [0.15, 0.2) is 23.2 Å². The first-order valence-corrected chi connectivity index (χ1v) is 8.39. The van der Waals surface area contributed by atoms with E-state index in [0.29, 0.717) is 31.0 Å². The third-order valence-corrected chi connectivity index (χ3v) is 4.23.